The number of benzene rings is 2. The fourth-order valence-corrected chi connectivity index (χ4v) is 3.50. The molecule has 0 saturated heterocycles. The van der Waals surface area contributed by atoms with Gasteiger partial charge in [-0.05, 0) is 42.2 Å². The van der Waals surface area contributed by atoms with Crippen LogP contribution in [-0.2, 0) is 21.2 Å². The quantitative estimate of drug-likeness (QED) is 0.488. The van der Waals surface area contributed by atoms with Crippen molar-refractivity contribution in [2.24, 2.45) is 11.1 Å². The molecule has 0 unspecified atom stereocenters. The summed E-state index contributed by atoms with van der Waals surface area (Å²) >= 11 is 0. The van der Waals surface area contributed by atoms with Crippen LogP contribution in [0.5, 0.6) is 11.5 Å². The summed E-state index contributed by atoms with van der Waals surface area (Å²) in [6.45, 7) is 3.99. The molecule has 0 spiro atoms. The number of ether oxygens (including phenoxy) is 2. The van der Waals surface area contributed by atoms with Gasteiger partial charge in [0, 0.05) is 18.2 Å². The Kier molecular flexibility index (Phi) is 8.62. The van der Waals surface area contributed by atoms with Gasteiger partial charge < -0.3 is 20.1 Å². The molecule has 2 aromatic rings. The molecule has 0 fully saturated rings. The van der Waals surface area contributed by atoms with Gasteiger partial charge in [0.1, 0.15) is 17.5 Å². The number of amides is 2. The molecular weight excluding hydrogens is 434 g/mol. The van der Waals surface area contributed by atoms with Crippen molar-refractivity contribution in [2.45, 2.75) is 31.2 Å². The van der Waals surface area contributed by atoms with Crippen molar-refractivity contribution in [3.8, 4) is 11.5 Å². The van der Waals surface area contributed by atoms with Crippen molar-refractivity contribution < 1.29 is 27.5 Å². The lowest BCUT2D eigenvalue weighted by molar-refractivity contribution is -0.123. The van der Waals surface area contributed by atoms with E-state index in [-0.39, 0.29) is 16.7 Å². The zero-order chi connectivity index (χ0) is 23.9. The average Bonchev–Trinajstić information content (AvgIpc) is 2.76. The van der Waals surface area contributed by atoms with E-state index in [2.05, 4.69) is 10.6 Å². The zero-order valence-corrected chi connectivity index (χ0v) is 19.4. The fourth-order valence-electron chi connectivity index (χ4n) is 2.98. The number of primary sulfonamides is 1. The highest BCUT2D eigenvalue weighted by Gasteiger charge is 2.25. The SMILES string of the molecule is COc1cc(OC)cc(C(=O)N[C@H](C(=O)NCCc2ccc(S(N)(=O)=O)cc2)C(C)C)c1. The van der Waals surface area contributed by atoms with Crippen LogP contribution in [0, 0.1) is 5.92 Å². The molecule has 0 aliphatic rings. The Labute approximate surface area is 188 Å². The van der Waals surface area contributed by atoms with Crippen molar-refractivity contribution in [1.29, 1.82) is 0 Å². The minimum Gasteiger partial charge on any atom is -0.497 e. The Balaban J connectivity index is 2.00. The van der Waals surface area contributed by atoms with Crippen LogP contribution in [0.1, 0.15) is 29.8 Å². The number of nitrogens with one attached hydrogen (secondary N) is 2. The van der Waals surface area contributed by atoms with E-state index in [0.29, 0.717) is 30.0 Å². The van der Waals surface area contributed by atoms with E-state index in [1.165, 1.54) is 26.4 Å². The van der Waals surface area contributed by atoms with Gasteiger partial charge in [-0.25, -0.2) is 13.6 Å². The highest BCUT2D eigenvalue weighted by molar-refractivity contribution is 7.89. The second-order valence-corrected chi connectivity index (χ2v) is 9.09. The first-order chi connectivity index (χ1) is 15.0. The van der Waals surface area contributed by atoms with Crippen LogP contribution in [0.25, 0.3) is 0 Å². The number of methoxy groups -OCH3 is 2. The number of carbonyl (C=O) groups is 2. The summed E-state index contributed by atoms with van der Waals surface area (Å²) in [7, 11) is -0.765. The predicted molar refractivity (Wildman–Crippen MR) is 120 cm³/mol. The zero-order valence-electron chi connectivity index (χ0n) is 18.5. The molecule has 4 N–H and O–H groups in total. The number of carbonyl (C=O) groups excluding carboxylic acids is 2. The van der Waals surface area contributed by atoms with Gasteiger partial charge in [-0.2, -0.15) is 0 Å². The van der Waals surface area contributed by atoms with Gasteiger partial charge in [-0.3, -0.25) is 9.59 Å². The molecule has 0 saturated carbocycles. The number of rotatable bonds is 10. The third kappa shape index (κ3) is 6.96. The van der Waals surface area contributed by atoms with Crippen LogP contribution in [0.3, 0.4) is 0 Å². The van der Waals surface area contributed by atoms with E-state index in [0.717, 1.165) is 5.56 Å². The van der Waals surface area contributed by atoms with Crippen LogP contribution < -0.4 is 25.2 Å². The second-order valence-electron chi connectivity index (χ2n) is 7.53. The lowest BCUT2D eigenvalue weighted by atomic mass is 10.0. The highest BCUT2D eigenvalue weighted by Crippen LogP contribution is 2.22. The molecule has 2 aromatic carbocycles. The maximum Gasteiger partial charge on any atom is 0.252 e. The van der Waals surface area contributed by atoms with Crippen LogP contribution in [0.4, 0.5) is 0 Å². The lowest BCUT2D eigenvalue weighted by Crippen LogP contribution is -2.50. The molecule has 2 rings (SSSR count). The largest absolute Gasteiger partial charge is 0.497 e. The number of hydrogen-bond donors (Lipinski definition) is 3. The van der Waals surface area contributed by atoms with Gasteiger partial charge in [-0.1, -0.05) is 26.0 Å². The Morgan fingerprint density at radius 2 is 1.56 bits per heavy atom. The summed E-state index contributed by atoms with van der Waals surface area (Å²) < 4.78 is 33.0. The van der Waals surface area contributed by atoms with Gasteiger partial charge in [0.25, 0.3) is 5.91 Å². The number of sulfonamides is 1. The molecule has 0 heterocycles. The average molecular weight is 464 g/mol. The smallest absolute Gasteiger partial charge is 0.252 e. The standard InChI is InChI=1S/C22H29N3O6S/c1-14(2)20(25-21(26)16-11-17(30-3)13-18(12-16)31-4)22(27)24-10-9-15-5-7-19(8-6-15)32(23,28)29/h5-8,11-14,20H,9-10H2,1-4H3,(H,24,27)(H,25,26)(H2,23,28,29)/t20-/m0/s1. The normalized spacial score (nSPS) is 12.2. The fraction of sp³-hybridized carbons (Fsp3) is 0.364. The second kappa shape index (κ2) is 11.0. The molecule has 0 aliphatic heterocycles. The van der Waals surface area contributed by atoms with Gasteiger partial charge >= 0.3 is 0 Å². The summed E-state index contributed by atoms with van der Waals surface area (Å²) in [4.78, 5) is 25.5. The van der Waals surface area contributed by atoms with Gasteiger partial charge in [0.2, 0.25) is 15.9 Å². The molecule has 2 amide bonds. The Bertz CT molecular complexity index is 1030. The Morgan fingerprint density at radius 3 is 2.03 bits per heavy atom. The Hall–Kier alpha value is -3.11. The number of nitrogens with two attached hydrogens (primary N) is 1. The van der Waals surface area contributed by atoms with E-state index in [4.69, 9.17) is 14.6 Å². The van der Waals surface area contributed by atoms with Crippen LogP contribution in [0.2, 0.25) is 0 Å². The highest BCUT2D eigenvalue weighted by atomic mass is 32.2. The summed E-state index contributed by atoms with van der Waals surface area (Å²) in [5.41, 5.74) is 1.15. The predicted octanol–water partition coefficient (Wildman–Crippen LogP) is 1.46. The van der Waals surface area contributed by atoms with Crippen molar-refractivity contribution in [2.75, 3.05) is 20.8 Å². The third-order valence-electron chi connectivity index (χ3n) is 4.81. The molecule has 0 aromatic heterocycles. The monoisotopic (exact) mass is 463 g/mol. The van der Waals surface area contributed by atoms with E-state index in [9.17, 15) is 18.0 Å². The lowest BCUT2D eigenvalue weighted by Gasteiger charge is -2.22. The van der Waals surface area contributed by atoms with Crippen LogP contribution in [-0.4, -0.2) is 47.0 Å². The molecule has 9 nitrogen and oxygen atoms in total. The molecule has 0 radical (unpaired) electrons. The van der Waals surface area contributed by atoms with Crippen LogP contribution in [0.15, 0.2) is 47.4 Å². The van der Waals surface area contributed by atoms with Crippen LogP contribution >= 0.6 is 0 Å². The Morgan fingerprint density at radius 1 is 1.00 bits per heavy atom. The molecule has 1 atom stereocenters. The first-order valence-electron chi connectivity index (χ1n) is 9.98. The van der Waals surface area contributed by atoms with E-state index in [1.54, 1.807) is 30.3 Å². The first kappa shape index (κ1) is 25.2. The first-order valence-corrected chi connectivity index (χ1v) is 11.5. The molecule has 174 valence electrons. The van der Waals surface area contributed by atoms with E-state index >= 15 is 0 Å². The molecule has 10 heteroatoms. The van der Waals surface area contributed by atoms with Gasteiger partial charge in [-0.15, -0.1) is 0 Å². The van der Waals surface area contributed by atoms with Gasteiger partial charge in [0.05, 0.1) is 19.1 Å². The van der Waals surface area contributed by atoms with Crippen molar-refractivity contribution >= 4 is 21.8 Å². The number of hydrogen-bond acceptors (Lipinski definition) is 6. The maximum atomic E-state index is 12.7. The van der Waals surface area contributed by atoms with E-state index in [1.807, 2.05) is 13.8 Å². The topological polar surface area (TPSA) is 137 Å². The van der Waals surface area contributed by atoms with E-state index < -0.39 is 22.0 Å². The summed E-state index contributed by atoms with van der Waals surface area (Å²) in [5, 5.41) is 10.7. The summed E-state index contributed by atoms with van der Waals surface area (Å²) in [6.07, 6.45) is 0.489. The van der Waals surface area contributed by atoms with Gasteiger partial charge in [0.15, 0.2) is 0 Å². The van der Waals surface area contributed by atoms with Crippen molar-refractivity contribution in [1.82, 2.24) is 10.6 Å². The minimum atomic E-state index is -3.74. The summed E-state index contributed by atoms with van der Waals surface area (Å²) in [5.74, 6) is 0.0431. The minimum absolute atomic E-state index is 0.0297. The van der Waals surface area contributed by atoms with Crippen molar-refractivity contribution in [3.05, 3.63) is 53.6 Å². The molecule has 32 heavy (non-hydrogen) atoms. The summed E-state index contributed by atoms with van der Waals surface area (Å²) in [6, 6.07) is 10.2. The maximum absolute atomic E-state index is 12.7. The molecule has 0 bridgehead atoms. The third-order valence-corrected chi connectivity index (χ3v) is 5.74. The van der Waals surface area contributed by atoms with Crippen molar-refractivity contribution in [3.63, 3.8) is 0 Å². The molecule has 0 aliphatic carbocycles. The molecular formula is C22H29N3O6S.